The molecule has 0 bridgehead atoms. The molecule has 0 saturated heterocycles. The minimum atomic E-state index is -0.655. The van der Waals surface area contributed by atoms with Crippen LogP contribution in [0.2, 0.25) is 0 Å². The summed E-state index contributed by atoms with van der Waals surface area (Å²) in [6.45, 7) is 2.34. The van der Waals surface area contributed by atoms with Crippen LogP contribution in [0.5, 0.6) is 5.75 Å². The summed E-state index contributed by atoms with van der Waals surface area (Å²) < 4.78 is 19.4. The Morgan fingerprint density at radius 2 is 1.95 bits per heavy atom. The van der Waals surface area contributed by atoms with Gasteiger partial charge in [0.05, 0.1) is 0 Å². The smallest absolute Gasteiger partial charge is 0.123 e. The molecule has 1 unspecified atom stereocenters. The molecule has 0 aliphatic carbocycles. The van der Waals surface area contributed by atoms with E-state index in [0.29, 0.717) is 12.3 Å². The van der Waals surface area contributed by atoms with E-state index in [2.05, 4.69) is 21.2 Å². The van der Waals surface area contributed by atoms with E-state index >= 15 is 0 Å². The maximum atomic E-state index is 13.0. The van der Waals surface area contributed by atoms with Crippen LogP contribution in [-0.4, -0.2) is 24.4 Å². The standard InChI is InChI=1S/C16H17BrFNO2/c1-11-8-13(18)4-7-16(11)19-9-14(20)10-21-15-5-2-12(17)3-6-15/h2-8,14,19-20H,9-10H2,1H3. The Hall–Kier alpha value is -1.59. The third-order valence-corrected chi connectivity index (χ3v) is 3.50. The molecule has 112 valence electrons. The number of aryl methyl sites for hydroxylation is 1. The topological polar surface area (TPSA) is 41.5 Å². The van der Waals surface area contributed by atoms with Crippen molar-refractivity contribution in [2.45, 2.75) is 13.0 Å². The average molecular weight is 354 g/mol. The summed E-state index contributed by atoms with van der Waals surface area (Å²) >= 11 is 3.35. The lowest BCUT2D eigenvalue weighted by molar-refractivity contribution is 0.117. The van der Waals surface area contributed by atoms with Crippen molar-refractivity contribution in [3.05, 3.63) is 58.3 Å². The van der Waals surface area contributed by atoms with Crippen LogP contribution >= 0.6 is 15.9 Å². The van der Waals surface area contributed by atoms with Gasteiger partial charge in [0.25, 0.3) is 0 Å². The van der Waals surface area contributed by atoms with E-state index in [0.717, 1.165) is 15.7 Å². The Labute approximate surface area is 131 Å². The zero-order chi connectivity index (χ0) is 15.2. The number of halogens is 2. The molecule has 2 rings (SSSR count). The lowest BCUT2D eigenvalue weighted by Crippen LogP contribution is -2.26. The lowest BCUT2D eigenvalue weighted by Gasteiger charge is -2.15. The van der Waals surface area contributed by atoms with Gasteiger partial charge >= 0.3 is 0 Å². The highest BCUT2D eigenvalue weighted by Crippen LogP contribution is 2.17. The number of rotatable bonds is 6. The third-order valence-electron chi connectivity index (χ3n) is 2.97. The molecule has 5 heteroatoms. The molecule has 2 aromatic rings. The Kier molecular flexibility index (Phi) is 5.59. The molecule has 0 heterocycles. The Morgan fingerprint density at radius 3 is 2.62 bits per heavy atom. The number of anilines is 1. The SMILES string of the molecule is Cc1cc(F)ccc1NCC(O)COc1ccc(Br)cc1. The van der Waals surface area contributed by atoms with Crippen molar-refractivity contribution >= 4 is 21.6 Å². The van der Waals surface area contributed by atoms with Gasteiger partial charge < -0.3 is 15.2 Å². The van der Waals surface area contributed by atoms with Gasteiger partial charge in [-0.3, -0.25) is 0 Å². The van der Waals surface area contributed by atoms with Gasteiger partial charge in [-0.05, 0) is 55.0 Å². The number of ether oxygens (including phenoxy) is 1. The van der Waals surface area contributed by atoms with E-state index in [1.54, 1.807) is 6.07 Å². The first-order valence-corrected chi connectivity index (χ1v) is 7.40. The first-order chi connectivity index (χ1) is 10.0. The third kappa shape index (κ3) is 5.02. The van der Waals surface area contributed by atoms with Crippen molar-refractivity contribution < 1.29 is 14.2 Å². The van der Waals surface area contributed by atoms with E-state index in [1.807, 2.05) is 31.2 Å². The second kappa shape index (κ2) is 7.43. The van der Waals surface area contributed by atoms with Crippen molar-refractivity contribution in [2.24, 2.45) is 0 Å². The number of benzene rings is 2. The van der Waals surface area contributed by atoms with E-state index in [1.165, 1.54) is 12.1 Å². The summed E-state index contributed by atoms with van der Waals surface area (Å²) in [6.07, 6.45) is -0.655. The molecule has 0 spiro atoms. The van der Waals surface area contributed by atoms with E-state index in [9.17, 15) is 9.50 Å². The molecule has 1 atom stereocenters. The van der Waals surface area contributed by atoms with Crippen LogP contribution in [0.4, 0.5) is 10.1 Å². The molecule has 0 aliphatic heterocycles. The van der Waals surface area contributed by atoms with Crippen molar-refractivity contribution in [3.8, 4) is 5.75 Å². The first-order valence-electron chi connectivity index (χ1n) is 6.61. The summed E-state index contributed by atoms with van der Waals surface area (Å²) in [7, 11) is 0. The summed E-state index contributed by atoms with van der Waals surface area (Å²) in [5.41, 5.74) is 1.61. The van der Waals surface area contributed by atoms with Crippen LogP contribution in [-0.2, 0) is 0 Å². The molecule has 0 radical (unpaired) electrons. The maximum Gasteiger partial charge on any atom is 0.123 e. The second-order valence-electron chi connectivity index (χ2n) is 4.76. The minimum absolute atomic E-state index is 0.189. The normalized spacial score (nSPS) is 12.0. The maximum absolute atomic E-state index is 13.0. The van der Waals surface area contributed by atoms with Crippen molar-refractivity contribution in [3.63, 3.8) is 0 Å². The van der Waals surface area contributed by atoms with Crippen LogP contribution in [0.15, 0.2) is 46.9 Å². The number of hydrogen-bond donors (Lipinski definition) is 2. The molecule has 0 aliphatic rings. The van der Waals surface area contributed by atoms with Gasteiger partial charge in [-0.25, -0.2) is 4.39 Å². The number of aliphatic hydroxyl groups excluding tert-OH is 1. The van der Waals surface area contributed by atoms with E-state index in [4.69, 9.17) is 4.74 Å². The largest absolute Gasteiger partial charge is 0.491 e. The van der Waals surface area contributed by atoms with Gasteiger partial charge in [-0.1, -0.05) is 15.9 Å². The zero-order valence-electron chi connectivity index (χ0n) is 11.6. The van der Waals surface area contributed by atoms with Crippen LogP contribution in [0, 0.1) is 12.7 Å². The molecule has 2 N–H and O–H groups in total. The van der Waals surface area contributed by atoms with Crippen molar-refractivity contribution in [1.82, 2.24) is 0 Å². The Morgan fingerprint density at radius 1 is 1.24 bits per heavy atom. The average Bonchev–Trinajstić information content (AvgIpc) is 2.46. The fourth-order valence-corrected chi connectivity index (χ4v) is 2.10. The van der Waals surface area contributed by atoms with Crippen LogP contribution in [0.3, 0.4) is 0 Å². The highest BCUT2D eigenvalue weighted by Gasteiger charge is 2.07. The van der Waals surface area contributed by atoms with E-state index < -0.39 is 6.10 Å². The summed E-state index contributed by atoms with van der Waals surface area (Å²) in [5, 5.41) is 13.0. The van der Waals surface area contributed by atoms with Gasteiger partial charge in [0.1, 0.15) is 24.3 Å². The van der Waals surface area contributed by atoms with Gasteiger partial charge in [0.15, 0.2) is 0 Å². The molecule has 0 amide bonds. The summed E-state index contributed by atoms with van der Waals surface area (Å²) in [6, 6.07) is 11.9. The highest BCUT2D eigenvalue weighted by molar-refractivity contribution is 9.10. The minimum Gasteiger partial charge on any atom is -0.491 e. The quantitative estimate of drug-likeness (QED) is 0.830. The highest BCUT2D eigenvalue weighted by atomic mass is 79.9. The van der Waals surface area contributed by atoms with E-state index in [-0.39, 0.29) is 12.4 Å². The Bertz CT molecular complexity index is 589. The van der Waals surface area contributed by atoms with Gasteiger partial charge in [0.2, 0.25) is 0 Å². The molecule has 21 heavy (non-hydrogen) atoms. The van der Waals surface area contributed by atoms with Crippen LogP contribution < -0.4 is 10.1 Å². The zero-order valence-corrected chi connectivity index (χ0v) is 13.2. The van der Waals surface area contributed by atoms with Gasteiger partial charge in [-0.15, -0.1) is 0 Å². The first kappa shape index (κ1) is 15.8. The predicted molar refractivity (Wildman–Crippen MR) is 85.3 cm³/mol. The monoisotopic (exact) mass is 353 g/mol. The fourth-order valence-electron chi connectivity index (χ4n) is 1.84. The fraction of sp³-hybridized carbons (Fsp3) is 0.250. The van der Waals surface area contributed by atoms with Gasteiger partial charge in [0, 0.05) is 16.7 Å². The molecule has 0 aromatic heterocycles. The van der Waals surface area contributed by atoms with Crippen LogP contribution in [0.25, 0.3) is 0 Å². The molecule has 0 saturated carbocycles. The lowest BCUT2D eigenvalue weighted by atomic mass is 10.2. The number of hydrogen-bond acceptors (Lipinski definition) is 3. The summed E-state index contributed by atoms with van der Waals surface area (Å²) in [5.74, 6) is 0.437. The molecular formula is C16H17BrFNO2. The van der Waals surface area contributed by atoms with Crippen molar-refractivity contribution in [2.75, 3.05) is 18.5 Å². The molecular weight excluding hydrogens is 337 g/mol. The number of nitrogens with one attached hydrogen (secondary N) is 1. The van der Waals surface area contributed by atoms with Crippen LogP contribution in [0.1, 0.15) is 5.56 Å². The second-order valence-corrected chi connectivity index (χ2v) is 5.67. The van der Waals surface area contributed by atoms with Crippen molar-refractivity contribution in [1.29, 1.82) is 0 Å². The molecule has 3 nitrogen and oxygen atoms in total. The number of aliphatic hydroxyl groups is 1. The summed E-state index contributed by atoms with van der Waals surface area (Å²) in [4.78, 5) is 0. The predicted octanol–water partition coefficient (Wildman–Crippen LogP) is 3.75. The molecule has 0 fully saturated rings. The molecule has 2 aromatic carbocycles. The van der Waals surface area contributed by atoms with Gasteiger partial charge in [-0.2, -0.15) is 0 Å². The Balaban J connectivity index is 1.79.